The molecule has 0 N–H and O–H groups in total. The Bertz CT molecular complexity index is 714. The number of benzene rings is 2. The van der Waals surface area contributed by atoms with Crippen LogP contribution in [0.2, 0.25) is 0 Å². The van der Waals surface area contributed by atoms with Gasteiger partial charge in [-0.25, -0.2) is 4.90 Å². The van der Waals surface area contributed by atoms with Gasteiger partial charge in [0.15, 0.2) is 0 Å². The van der Waals surface area contributed by atoms with Crippen LogP contribution in [0.1, 0.15) is 27.7 Å². The Hall–Kier alpha value is -1.70. The van der Waals surface area contributed by atoms with Crippen molar-refractivity contribution in [1.82, 2.24) is 4.90 Å². The van der Waals surface area contributed by atoms with Gasteiger partial charge in [0.25, 0.3) is 0 Å². The fourth-order valence-corrected chi connectivity index (χ4v) is 6.24. The number of rotatable bonds is 3. The molecule has 1 heterocycles. The van der Waals surface area contributed by atoms with Crippen LogP contribution in [0, 0.1) is 5.21 Å². The molecule has 1 aliphatic rings. The quantitative estimate of drug-likeness (QED) is 0.486. The van der Waals surface area contributed by atoms with Crippen LogP contribution in [0.15, 0.2) is 60.7 Å². The van der Waals surface area contributed by atoms with E-state index in [0.29, 0.717) is 0 Å². The van der Waals surface area contributed by atoms with Crippen LogP contribution in [0.4, 0.5) is 0 Å². The van der Waals surface area contributed by atoms with E-state index < -0.39 is 13.6 Å². The summed E-state index contributed by atoms with van der Waals surface area (Å²) in [5.41, 5.74) is 0.105. The Morgan fingerprint density at radius 2 is 1.25 bits per heavy atom. The van der Waals surface area contributed by atoms with Crippen molar-refractivity contribution in [3.8, 4) is 0 Å². The van der Waals surface area contributed by atoms with Crippen molar-refractivity contribution < 1.29 is 4.74 Å². The van der Waals surface area contributed by atoms with E-state index >= 15 is 0 Å². The van der Waals surface area contributed by atoms with Gasteiger partial charge in [0, 0.05) is 13.8 Å². The molecule has 126 valence electrons. The summed E-state index contributed by atoms with van der Waals surface area (Å²) in [6.45, 7) is 8.31. The van der Waals surface area contributed by atoms with Crippen molar-refractivity contribution in [2.24, 2.45) is 0 Å². The van der Waals surface area contributed by atoms with Crippen molar-refractivity contribution in [1.29, 1.82) is 0 Å². The molecule has 0 spiro atoms. The summed E-state index contributed by atoms with van der Waals surface area (Å²) in [7, 11) is 1.17. The van der Waals surface area contributed by atoms with E-state index in [2.05, 4.69) is 67.3 Å². The summed E-state index contributed by atoms with van der Waals surface area (Å²) in [5, 5.41) is 15.7. The van der Waals surface area contributed by atoms with Gasteiger partial charge in [0.1, 0.15) is 5.54 Å². The predicted octanol–water partition coefficient (Wildman–Crippen LogP) is 3.49. The maximum atomic E-state index is 13.3. The van der Waals surface area contributed by atoms with Gasteiger partial charge in [-0.2, -0.15) is 4.74 Å². The standard InChI is InChI=1S/C20H25N2OP/c1-19(2)18(22(23)20(3,4)21(19)5)24(16-12-8-6-9-13-16)17-14-10-7-11-15-17/h6-15H,1-5H3. The smallest absolute Gasteiger partial charge is 0.224 e. The van der Waals surface area contributed by atoms with E-state index in [1.807, 2.05) is 33.0 Å². The van der Waals surface area contributed by atoms with Gasteiger partial charge in [0.2, 0.25) is 11.1 Å². The molecule has 3 rings (SSSR count). The lowest BCUT2D eigenvalue weighted by atomic mass is 10.0. The minimum Gasteiger partial charge on any atom is -0.622 e. The van der Waals surface area contributed by atoms with Gasteiger partial charge in [-0.05, 0) is 31.5 Å². The molecule has 0 aromatic heterocycles. The Morgan fingerprint density at radius 1 is 0.833 bits per heavy atom. The van der Waals surface area contributed by atoms with Gasteiger partial charge in [-0.15, -0.1) is 0 Å². The predicted molar refractivity (Wildman–Crippen MR) is 104 cm³/mol. The number of nitrogens with zero attached hydrogens (tertiary/aromatic N) is 2. The Morgan fingerprint density at radius 3 is 1.58 bits per heavy atom. The molecule has 24 heavy (non-hydrogen) atoms. The molecular formula is C20H25N2OP. The minimum atomic E-state index is -0.876. The lowest BCUT2D eigenvalue weighted by molar-refractivity contribution is -0.555. The van der Waals surface area contributed by atoms with Crippen molar-refractivity contribution in [3.63, 3.8) is 0 Å². The molecule has 2 aromatic carbocycles. The Labute approximate surface area is 146 Å². The lowest BCUT2D eigenvalue weighted by Crippen LogP contribution is -2.51. The van der Waals surface area contributed by atoms with Gasteiger partial charge >= 0.3 is 0 Å². The zero-order chi connectivity index (χ0) is 17.5. The van der Waals surface area contributed by atoms with Crippen LogP contribution in [0.3, 0.4) is 0 Å². The molecule has 1 aliphatic heterocycles. The topological polar surface area (TPSA) is 29.3 Å². The highest BCUT2D eigenvalue weighted by Crippen LogP contribution is 2.47. The number of hydrogen-bond acceptors (Lipinski definition) is 2. The second-order valence-corrected chi connectivity index (χ2v) is 9.36. The molecule has 0 saturated carbocycles. The van der Waals surface area contributed by atoms with Crippen molar-refractivity contribution >= 4 is 24.0 Å². The van der Waals surface area contributed by atoms with Crippen LogP contribution < -0.4 is 10.6 Å². The first kappa shape index (κ1) is 17.1. The first-order valence-corrected chi connectivity index (χ1v) is 9.61. The fraction of sp³-hybridized carbons (Fsp3) is 0.350. The summed E-state index contributed by atoms with van der Waals surface area (Å²) in [6.07, 6.45) is 0. The second-order valence-electron chi connectivity index (χ2n) is 7.24. The van der Waals surface area contributed by atoms with E-state index in [9.17, 15) is 5.21 Å². The minimum absolute atomic E-state index is 0.303. The highest BCUT2D eigenvalue weighted by atomic mass is 31.1. The molecule has 0 aliphatic carbocycles. The summed E-state index contributed by atoms with van der Waals surface area (Å²) in [4.78, 5) is 2.18. The summed E-state index contributed by atoms with van der Waals surface area (Å²) in [5.74, 6) is 0. The summed E-state index contributed by atoms with van der Waals surface area (Å²) < 4.78 is 1.25. The Kier molecular flexibility index (Phi) is 4.27. The van der Waals surface area contributed by atoms with Gasteiger partial charge < -0.3 is 5.21 Å². The van der Waals surface area contributed by atoms with Crippen molar-refractivity contribution in [2.75, 3.05) is 7.05 Å². The molecule has 3 nitrogen and oxygen atoms in total. The zero-order valence-corrected chi connectivity index (χ0v) is 15.9. The van der Waals surface area contributed by atoms with E-state index in [1.54, 1.807) is 0 Å². The largest absolute Gasteiger partial charge is 0.622 e. The van der Waals surface area contributed by atoms with Crippen LogP contribution in [0.5, 0.6) is 0 Å². The molecular weight excluding hydrogens is 315 g/mol. The van der Waals surface area contributed by atoms with Gasteiger partial charge in [-0.3, -0.25) is 0 Å². The maximum Gasteiger partial charge on any atom is 0.224 e. The zero-order valence-electron chi connectivity index (χ0n) is 15.0. The summed E-state index contributed by atoms with van der Waals surface area (Å²) in [6, 6.07) is 20.8. The third-order valence-corrected chi connectivity index (χ3v) is 7.92. The molecule has 0 saturated heterocycles. The van der Waals surface area contributed by atoms with Gasteiger partial charge in [0.05, 0.1) is 7.92 Å². The first-order chi connectivity index (χ1) is 11.3. The van der Waals surface area contributed by atoms with Crippen LogP contribution in [-0.4, -0.2) is 33.3 Å². The van der Waals surface area contributed by atoms with Crippen molar-refractivity contribution in [2.45, 2.75) is 38.9 Å². The molecule has 0 fully saturated rings. The van der Waals surface area contributed by atoms with Crippen LogP contribution in [-0.2, 0) is 0 Å². The monoisotopic (exact) mass is 340 g/mol. The van der Waals surface area contributed by atoms with Crippen LogP contribution in [0.25, 0.3) is 0 Å². The number of hydroxylamine groups is 1. The molecule has 0 amide bonds. The molecule has 0 unspecified atom stereocenters. The lowest BCUT2D eigenvalue weighted by Gasteiger charge is -2.33. The van der Waals surface area contributed by atoms with Crippen LogP contribution >= 0.6 is 7.92 Å². The summed E-state index contributed by atoms with van der Waals surface area (Å²) >= 11 is 0. The molecule has 2 aromatic rings. The molecule has 0 bridgehead atoms. The van der Waals surface area contributed by atoms with E-state index in [1.165, 1.54) is 15.3 Å². The molecule has 0 atom stereocenters. The molecule has 0 radical (unpaired) electrons. The van der Waals surface area contributed by atoms with Crippen molar-refractivity contribution in [3.05, 3.63) is 65.9 Å². The van der Waals surface area contributed by atoms with E-state index in [0.717, 1.165) is 5.45 Å². The first-order valence-electron chi connectivity index (χ1n) is 8.27. The fourth-order valence-electron chi connectivity index (χ4n) is 3.39. The average molecular weight is 340 g/mol. The van der Waals surface area contributed by atoms with E-state index in [4.69, 9.17) is 0 Å². The SMILES string of the molecule is CN1C(C)(C)C(P(c2ccccc2)c2ccccc2)=[N+]([O-])C1(C)C. The normalized spacial score (nSPS) is 19.9. The van der Waals surface area contributed by atoms with Gasteiger partial charge in [-0.1, -0.05) is 60.7 Å². The molecule has 4 heteroatoms. The number of hydrogen-bond donors (Lipinski definition) is 0. The highest BCUT2D eigenvalue weighted by Gasteiger charge is 2.57. The third-order valence-electron chi connectivity index (χ3n) is 5.14. The average Bonchev–Trinajstić information content (AvgIpc) is 2.69. The van der Waals surface area contributed by atoms with E-state index in [-0.39, 0.29) is 5.54 Å². The third kappa shape index (κ3) is 2.56. The Balaban J connectivity index is 2.26. The highest BCUT2D eigenvalue weighted by molar-refractivity contribution is 7.88. The maximum absolute atomic E-state index is 13.3. The second kappa shape index (κ2) is 5.98.